The molecule has 0 unspecified atom stereocenters. The van der Waals surface area contributed by atoms with E-state index in [-0.39, 0.29) is 23.5 Å². The van der Waals surface area contributed by atoms with Crippen LogP contribution in [0.2, 0.25) is 0 Å². The van der Waals surface area contributed by atoms with Gasteiger partial charge in [-0.3, -0.25) is 29.8 Å². The molecule has 0 saturated heterocycles. The SMILES string of the molecule is CC(=O)C(C(C)=O)c1c(CC(C)C)cc([N+](=O)[O-])cc1[N+](=O)[O-]. The number of carbonyl (C=O) groups is 2. The third-order valence-electron chi connectivity index (χ3n) is 3.37. The summed E-state index contributed by atoms with van der Waals surface area (Å²) in [4.78, 5) is 44.5. The van der Waals surface area contributed by atoms with Gasteiger partial charge in [-0.2, -0.15) is 0 Å². The number of hydrogen-bond donors (Lipinski definition) is 0. The van der Waals surface area contributed by atoms with Gasteiger partial charge in [0, 0.05) is 6.07 Å². The molecule has 1 aromatic carbocycles. The molecule has 23 heavy (non-hydrogen) atoms. The maximum atomic E-state index is 11.8. The van der Waals surface area contributed by atoms with Crippen molar-refractivity contribution in [3.8, 4) is 0 Å². The van der Waals surface area contributed by atoms with Gasteiger partial charge in [-0.25, -0.2) is 0 Å². The molecule has 0 amide bonds. The average Bonchev–Trinajstić information content (AvgIpc) is 2.38. The number of hydrogen-bond acceptors (Lipinski definition) is 6. The van der Waals surface area contributed by atoms with Crippen LogP contribution < -0.4 is 0 Å². The molecule has 0 aromatic heterocycles. The fourth-order valence-electron chi connectivity index (χ4n) is 2.57. The number of ketones is 2. The minimum atomic E-state index is -1.29. The van der Waals surface area contributed by atoms with Gasteiger partial charge in [-0.15, -0.1) is 0 Å². The molecule has 0 atom stereocenters. The minimum Gasteiger partial charge on any atom is -0.299 e. The highest BCUT2D eigenvalue weighted by Gasteiger charge is 2.34. The smallest absolute Gasteiger partial charge is 0.280 e. The number of Topliss-reactive ketones (excluding diaryl/α,β-unsaturated/α-hetero) is 2. The maximum Gasteiger partial charge on any atom is 0.280 e. The molecule has 0 bridgehead atoms. The van der Waals surface area contributed by atoms with Crippen molar-refractivity contribution < 1.29 is 19.4 Å². The average molecular weight is 322 g/mol. The monoisotopic (exact) mass is 322 g/mol. The van der Waals surface area contributed by atoms with E-state index in [9.17, 15) is 29.8 Å². The summed E-state index contributed by atoms with van der Waals surface area (Å²) in [6.45, 7) is 6.03. The van der Waals surface area contributed by atoms with Crippen molar-refractivity contribution in [2.75, 3.05) is 0 Å². The van der Waals surface area contributed by atoms with Crippen molar-refractivity contribution in [2.45, 2.75) is 40.0 Å². The summed E-state index contributed by atoms with van der Waals surface area (Å²) in [6, 6.07) is 2.01. The Balaban J connectivity index is 3.80. The van der Waals surface area contributed by atoms with Crippen LogP contribution >= 0.6 is 0 Å². The second-order valence-corrected chi connectivity index (χ2v) is 5.80. The molecule has 0 aliphatic heterocycles. The normalized spacial score (nSPS) is 10.9. The predicted octanol–water partition coefficient (Wildman–Crippen LogP) is 2.96. The Kier molecular flexibility index (Phi) is 5.67. The van der Waals surface area contributed by atoms with Crippen LogP contribution in [0.4, 0.5) is 11.4 Å². The molecule has 1 rings (SSSR count). The van der Waals surface area contributed by atoms with Crippen LogP contribution in [0.5, 0.6) is 0 Å². The van der Waals surface area contributed by atoms with Gasteiger partial charge in [-0.05, 0) is 31.7 Å². The van der Waals surface area contributed by atoms with Gasteiger partial charge in [0.05, 0.1) is 21.5 Å². The maximum absolute atomic E-state index is 11.8. The highest BCUT2D eigenvalue weighted by atomic mass is 16.6. The second kappa shape index (κ2) is 7.08. The van der Waals surface area contributed by atoms with E-state index in [1.54, 1.807) is 0 Å². The number of benzene rings is 1. The van der Waals surface area contributed by atoms with E-state index in [1.165, 1.54) is 19.9 Å². The van der Waals surface area contributed by atoms with E-state index >= 15 is 0 Å². The third-order valence-corrected chi connectivity index (χ3v) is 3.37. The molecule has 124 valence electrons. The Morgan fingerprint density at radius 1 is 1.04 bits per heavy atom. The zero-order valence-electron chi connectivity index (χ0n) is 13.4. The molecule has 0 spiro atoms. The molecule has 0 aliphatic rings. The van der Waals surface area contributed by atoms with Crippen LogP contribution in [-0.2, 0) is 16.0 Å². The molecule has 0 aliphatic carbocycles. The number of non-ortho nitro benzene ring substituents is 1. The Morgan fingerprint density at radius 2 is 1.57 bits per heavy atom. The van der Waals surface area contributed by atoms with E-state index in [2.05, 4.69) is 0 Å². The summed E-state index contributed by atoms with van der Waals surface area (Å²) in [5, 5.41) is 22.4. The van der Waals surface area contributed by atoms with Gasteiger partial charge in [0.25, 0.3) is 11.4 Å². The van der Waals surface area contributed by atoms with Crippen molar-refractivity contribution in [3.63, 3.8) is 0 Å². The molecular weight excluding hydrogens is 304 g/mol. The number of rotatable bonds is 7. The highest BCUT2D eigenvalue weighted by molar-refractivity contribution is 6.06. The summed E-state index contributed by atoms with van der Waals surface area (Å²) >= 11 is 0. The Bertz CT molecular complexity index is 667. The van der Waals surface area contributed by atoms with Crippen LogP contribution in [0.25, 0.3) is 0 Å². The second-order valence-electron chi connectivity index (χ2n) is 5.80. The van der Waals surface area contributed by atoms with Crippen molar-refractivity contribution in [2.24, 2.45) is 5.92 Å². The topological polar surface area (TPSA) is 120 Å². The Labute approximate surface area is 132 Å². The molecule has 8 heteroatoms. The van der Waals surface area contributed by atoms with Crippen molar-refractivity contribution in [3.05, 3.63) is 43.5 Å². The first kappa shape index (κ1) is 18.4. The Morgan fingerprint density at radius 3 is 1.91 bits per heavy atom. The number of nitrogens with zero attached hydrogens (tertiary/aromatic N) is 2. The largest absolute Gasteiger partial charge is 0.299 e. The van der Waals surface area contributed by atoms with Gasteiger partial charge in [0.15, 0.2) is 0 Å². The van der Waals surface area contributed by atoms with Crippen LogP contribution in [0.15, 0.2) is 12.1 Å². The zero-order chi connectivity index (χ0) is 17.9. The summed E-state index contributed by atoms with van der Waals surface area (Å²) in [6.07, 6.45) is 0.287. The number of nitro groups is 2. The third kappa shape index (κ3) is 4.18. The molecule has 0 N–H and O–H groups in total. The lowest BCUT2D eigenvalue weighted by molar-refractivity contribution is -0.394. The van der Waals surface area contributed by atoms with Gasteiger partial charge >= 0.3 is 0 Å². The molecule has 8 nitrogen and oxygen atoms in total. The van der Waals surface area contributed by atoms with Gasteiger partial charge < -0.3 is 0 Å². The lowest BCUT2D eigenvalue weighted by Gasteiger charge is -2.17. The van der Waals surface area contributed by atoms with Crippen LogP contribution in [0, 0.1) is 26.1 Å². The minimum absolute atomic E-state index is 0.0331. The molecule has 0 radical (unpaired) electrons. The van der Waals surface area contributed by atoms with Crippen LogP contribution in [-0.4, -0.2) is 21.4 Å². The molecule has 0 fully saturated rings. The van der Waals surface area contributed by atoms with E-state index in [0.717, 1.165) is 6.07 Å². The van der Waals surface area contributed by atoms with Crippen LogP contribution in [0.3, 0.4) is 0 Å². The Hall–Kier alpha value is -2.64. The fourth-order valence-corrected chi connectivity index (χ4v) is 2.57. The standard InChI is InChI=1S/C15H18N2O6/c1-8(2)5-11-6-12(16(20)21)7-13(17(22)23)15(11)14(9(3)18)10(4)19/h6-8,14H,5H2,1-4H3. The molecule has 1 aromatic rings. The van der Waals surface area contributed by atoms with E-state index < -0.39 is 38.7 Å². The summed E-state index contributed by atoms with van der Waals surface area (Å²) in [7, 11) is 0. The van der Waals surface area contributed by atoms with E-state index in [1.807, 2.05) is 13.8 Å². The summed E-state index contributed by atoms with van der Waals surface area (Å²) < 4.78 is 0. The summed E-state index contributed by atoms with van der Waals surface area (Å²) in [5.41, 5.74) is -0.738. The first-order valence-electron chi connectivity index (χ1n) is 7.02. The highest BCUT2D eigenvalue weighted by Crippen LogP contribution is 2.36. The van der Waals surface area contributed by atoms with Gasteiger partial charge in [0.1, 0.15) is 17.5 Å². The first-order valence-corrected chi connectivity index (χ1v) is 7.02. The van der Waals surface area contributed by atoms with Crippen LogP contribution in [0.1, 0.15) is 44.7 Å². The number of carbonyl (C=O) groups excluding carboxylic acids is 2. The predicted molar refractivity (Wildman–Crippen MR) is 82.4 cm³/mol. The van der Waals surface area contributed by atoms with E-state index in [0.29, 0.717) is 0 Å². The quantitative estimate of drug-likeness (QED) is 0.432. The van der Waals surface area contributed by atoms with E-state index in [4.69, 9.17) is 0 Å². The van der Waals surface area contributed by atoms with Crippen molar-refractivity contribution in [1.82, 2.24) is 0 Å². The number of nitro benzene ring substituents is 2. The molecule has 0 heterocycles. The molecular formula is C15H18N2O6. The van der Waals surface area contributed by atoms with Gasteiger partial charge in [0.2, 0.25) is 0 Å². The van der Waals surface area contributed by atoms with Gasteiger partial charge in [-0.1, -0.05) is 13.8 Å². The lowest BCUT2D eigenvalue weighted by atomic mass is 9.84. The summed E-state index contributed by atoms with van der Waals surface area (Å²) in [5.74, 6) is -2.31. The molecule has 0 saturated carbocycles. The zero-order valence-corrected chi connectivity index (χ0v) is 13.4. The first-order chi connectivity index (χ1) is 10.6. The van der Waals surface area contributed by atoms with Crippen molar-refractivity contribution >= 4 is 22.9 Å². The fraction of sp³-hybridized carbons (Fsp3) is 0.467. The lowest BCUT2D eigenvalue weighted by Crippen LogP contribution is -2.21. The van der Waals surface area contributed by atoms with Crippen molar-refractivity contribution in [1.29, 1.82) is 0 Å².